The molecule has 2 rings (SSSR count). The first kappa shape index (κ1) is 11.0. The van der Waals surface area contributed by atoms with Crippen LogP contribution in [0.5, 0.6) is 0 Å². The van der Waals surface area contributed by atoms with E-state index in [1.54, 1.807) is 0 Å². The van der Waals surface area contributed by atoms with E-state index in [1.165, 1.54) is 10.5 Å². The van der Waals surface area contributed by atoms with Gasteiger partial charge in [-0.15, -0.1) is 11.8 Å². The first-order chi connectivity index (χ1) is 7.31. The molecular formula is C12H18N2S. The molecule has 1 aromatic carbocycles. The van der Waals surface area contributed by atoms with Gasteiger partial charge >= 0.3 is 0 Å². The minimum absolute atomic E-state index is 0.722. The van der Waals surface area contributed by atoms with Crippen LogP contribution in [0.15, 0.2) is 29.2 Å². The molecule has 1 saturated heterocycles. The van der Waals surface area contributed by atoms with Crippen LogP contribution in [0.2, 0.25) is 0 Å². The summed E-state index contributed by atoms with van der Waals surface area (Å²) >= 11 is 1.83. The Bertz CT molecular complexity index is 323. The lowest BCUT2D eigenvalue weighted by Gasteiger charge is -2.35. The first-order valence-corrected chi connectivity index (χ1v) is 6.56. The highest BCUT2D eigenvalue weighted by molar-refractivity contribution is 7.98. The summed E-state index contributed by atoms with van der Waals surface area (Å²) in [6.07, 6.45) is 2.14. The largest absolute Gasteiger partial charge is 0.314 e. The van der Waals surface area contributed by atoms with E-state index in [4.69, 9.17) is 0 Å². The fraction of sp³-hybridized carbons (Fsp3) is 0.500. The molecule has 2 nitrogen and oxygen atoms in total. The molecule has 1 aliphatic rings. The van der Waals surface area contributed by atoms with Gasteiger partial charge < -0.3 is 5.32 Å². The van der Waals surface area contributed by atoms with Crippen molar-refractivity contribution in [1.82, 2.24) is 10.2 Å². The zero-order chi connectivity index (χ0) is 10.7. The Morgan fingerprint density at radius 1 is 1.40 bits per heavy atom. The van der Waals surface area contributed by atoms with Crippen molar-refractivity contribution in [2.24, 2.45) is 0 Å². The van der Waals surface area contributed by atoms with E-state index in [2.05, 4.69) is 47.8 Å². The second-order valence-corrected chi connectivity index (χ2v) is 4.89. The van der Waals surface area contributed by atoms with Crippen molar-refractivity contribution in [2.75, 3.05) is 26.4 Å². The van der Waals surface area contributed by atoms with Crippen molar-refractivity contribution in [3.05, 3.63) is 29.8 Å². The molecule has 0 saturated carbocycles. The van der Waals surface area contributed by atoms with Crippen molar-refractivity contribution < 1.29 is 0 Å². The van der Waals surface area contributed by atoms with E-state index in [-0.39, 0.29) is 0 Å². The highest BCUT2D eigenvalue weighted by atomic mass is 32.2. The first-order valence-electron chi connectivity index (χ1n) is 5.34. The van der Waals surface area contributed by atoms with Gasteiger partial charge in [0.25, 0.3) is 0 Å². The topological polar surface area (TPSA) is 15.3 Å². The number of hydrogen-bond donors (Lipinski definition) is 1. The SMILES string of the molecule is CSc1ccccc1CN(C)C1CNC1. The molecule has 0 aliphatic carbocycles. The zero-order valence-corrected chi connectivity index (χ0v) is 10.2. The average molecular weight is 222 g/mol. The van der Waals surface area contributed by atoms with Crippen molar-refractivity contribution >= 4 is 11.8 Å². The molecule has 1 fully saturated rings. The molecule has 0 spiro atoms. The van der Waals surface area contributed by atoms with Gasteiger partial charge in [0.05, 0.1) is 0 Å². The molecule has 0 bridgehead atoms. The van der Waals surface area contributed by atoms with Gasteiger partial charge in [-0.25, -0.2) is 0 Å². The Labute approximate surface area is 96.0 Å². The highest BCUT2D eigenvalue weighted by Crippen LogP contribution is 2.21. The molecule has 0 amide bonds. The van der Waals surface area contributed by atoms with Crippen LogP contribution in [0.4, 0.5) is 0 Å². The fourth-order valence-corrected chi connectivity index (χ4v) is 2.43. The average Bonchev–Trinajstić information content (AvgIpc) is 2.15. The Morgan fingerprint density at radius 3 is 2.73 bits per heavy atom. The molecule has 1 aliphatic heterocycles. The molecule has 0 aromatic heterocycles. The predicted molar refractivity (Wildman–Crippen MR) is 66.3 cm³/mol. The summed E-state index contributed by atoms with van der Waals surface area (Å²) in [5, 5.41) is 3.31. The summed E-state index contributed by atoms with van der Waals surface area (Å²) in [5.41, 5.74) is 1.44. The molecule has 1 aromatic rings. The van der Waals surface area contributed by atoms with Gasteiger partial charge in [0, 0.05) is 30.6 Å². The van der Waals surface area contributed by atoms with Gasteiger partial charge in [-0.3, -0.25) is 4.90 Å². The number of rotatable bonds is 4. The second kappa shape index (κ2) is 5.01. The minimum atomic E-state index is 0.722. The van der Waals surface area contributed by atoms with E-state index in [0.717, 1.165) is 25.7 Å². The van der Waals surface area contributed by atoms with Crippen molar-refractivity contribution in [2.45, 2.75) is 17.5 Å². The van der Waals surface area contributed by atoms with Gasteiger partial charge in [-0.2, -0.15) is 0 Å². The molecular weight excluding hydrogens is 204 g/mol. The molecule has 82 valence electrons. The second-order valence-electron chi connectivity index (χ2n) is 4.04. The maximum absolute atomic E-state index is 3.31. The summed E-state index contributed by atoms with van der Waals surface area (Å²) in [7, 11) is 2.21. The maximum Gasteiger partial charge on any atom is 0.0345 e. The molecule has 1 N–H and O–H groups in total. The Balaban J connectivity index is 2.02. The Kier molecular flexibility index (Phi) is 3.67. The number of nitrogens with zero attached hydrogens (tertiary/aromatic N) is 1. The van der Waals surface area contributed by atoms with Crippen LogP contribution in [0.3, 0.4) is 0 Å². The van der Waals surface area contributed by atoms with Gasteiger partial charge in [0.2, 0.25) is 0 Å². The van der Waals surface area contributed by atoms with Gasteiger partial charge in [0.1, 0.15) is 0 Å². The van der Waals surface area contributed by atoms with Crippen molar-refractivity contribution in [1.29, 1.82) is 0 Å². The monoisotopic (exact) mass is 222 g/mol. The third-order valence-electron chi connectivity index (χ3n) is 3.00. The van der Waals surface area contributed by atoms with Crippen LogP contribution < -0.4 is 5.32 Å². The lowest BCUT2D eigenvalue weighted by molar-refractivity contribution is 0.172. The lowest BCUT2D eigenvalue weighted by Crippen LogP contribution is -2.55. The predicted octanol–water partition coefficient (Wildman–Crippen LogP) is 1.81. The maximum atomic E-state index is 3.31. The summed E-state index contributed by atoms with van der Waals surface area (Å²) in [6, 6.07) is 9.39. The summed E-state index contributed by atoms with van der Waals surface area (Å²) in [5.74, 6) is 0. The van der Waals surface area contributed by atoms with Crippen LogP contribution >= 0.6 is 11.8 Å². The smallest absolute Gasteiger partial charge is 0.0345 e. The molecule has 1 heterocycles. The van der Waals surface area contributed by atoms with E-state index in [0.29, 0.717) is 0 Å². The molecule has 3 heteroatoms. The quantitative estimate of drug-likeness (QED) is 0.782. The molecule has 15 heavy (non-hydrogen) atoms. The van der Waals surface area contributed by atoms with Crippen LogP contribution in [-0.4, -0.2) is 37.3 Å². The summed E-state index contributed by atoms with van der Waals surface area (Å²) in [4.78, 5) is 3.84. The summed E-state index contributed by atoms with van der Waals surface area (Å²) < 4.78 is 0. The number of thioether (sulfide) groups is 1. The normalized spacial score (nSPS) is 16.7. The number of nitrogens with one attached hydrogen (secondary N) is 1. The van der Waals surface area contributed by atoms with Crippen LogP contribution in [0.25, 0.3) is 0 Å². The van der Waals surface area contributed by atoms with Crippen LogP contribution in [0, 0.1) is 0 Å². The Morgan fingerprint density at radius 2 is 2.13 bits per heavy atom. The van der Waals surface area contributed by atoms with E-state index >= 15 is 0 Å². The van der Waals surface area contributed by atoms with Crippen LogP contribution in [0.1, 0.15) is 5.56 Å². The van der Waals surface area contributed by atoms with Gasteiger partial charge in [-0.05, 0) is 24.9 Å². The lowest BCUT2D eigenvalue weighted by atomic mass is 10.1. The standard InChI is InChI=1S/C12H18N2S/c1-14(11-7-13-8-11)9-10-5-3-4-6-12(10)15-2/h3-6,11,13H,7-9H2,1-2H3. The Hall–Kier alpha value is -0.510. The van der Waals surface area contributed by atoms with Crippen molar-refractivity contribution in [3.63, 3.8) is 0 Å². The zero-order valence-electron chi connectivity index (χ0n) is 9.36. The van der Waals surface area contributed by atoms with Gasteiger partial charge in [-0.1, -0.05) is 18.2 Å². The minimum Gasteiger partial charge on any atom is -0.314 e. The van der Waals surface area contributed by atoms with Crippen LogP contribution in [-0.2, 0) is 6.54 Å². The molecule has 0 atom stereocenters. The van der Waals surface area contributed by atoms with E-state index in [9.17, 15) is 0 Å². The third kappa shape index (κ3) is 2.54. The van der Waals surface area contributed by atoms with E-state index in [1.807, 2.05) is 11.8 Å². The number of hydrogen-bond acceptors (Lipinski definition) is 3. The van der Waals surface area contributed by atoms with Crippen molar-refractivity contribution in [3.8, 4) is 0 Å². The van der Waals surface area contributed by atoms with E-state index < -0.39 is 0 Å². The number of likely N-dealkylation sites (N-methyl/N-ethyl adjacent to an activating group) is 1. The van der Waals surface area contributed by atoms with Gasteiger partial charge in [0.15, 0.2) is 0 Å². The number of benzene rings is 1. The third-order valence-corrected chi connectivity index (χ3v) is 3.83. The summed E-state index contributed by atoms with van der Waals surface area (Å²) in [6.45, 7) is 3.33. The molecule has 0 unspecified atom stereocenters. The fourth-order valence-electron chi connectivity index (χ4n) is 1.82. The molecule has 0 radical (unpaired) electrons. The highest BCUT2D eigenvalue weighted by Gasteiger charge is 2.21.